The van der Waals surface area contributed by atoms with Crippen molar-refractivity contribution in [2.24, 2.45) is 0 Å². The average Bonchev–Trinajstić information content (AvgIpc) is 3.35. The molecule has 5 nitrogen and oxygen atoms in total. The highest BCUT2D eigenvalue weighted by atomic mass is 79.9. The second kappa shape index (κ2) is 8.04. The fourth-order valence-corrected chi connectivity index (χ4v) is 4.33. The molecule has 1 aliphatic heterocycles. The Balaban J connectivity index is 1.65. The van der Waals surface area contributed by atoms with Gasteiger partial charge in [0, 0.05) is 21.3 Å². The molecule has 154 valence electrons. The predicted molar refractivity (Wildman–Crippen MR) is 124 cm³/mol. The minimum absolute atomic E-state index is 0.0872. The lowest BCUT2D eigenvalue weighted by atomic mass is 9.96. The first-order valence-corrected chi connectivity index (χ1v) is 10.9. The van der Waals surface area contributed by atoms with Crippen molar-refractivity contribution in [3.05, 3.63) is 100 Å². The molecule has 0 aliphatic carbocycles. The highest BCUT2D eigenvalue weighted by Crippen LogP contribution is 2.45. The first kappa shape index (κ1) is 19.6. The molecule has 1 atom stereocenters. The third-order valence-electron chi connectivity index (χ3n) is 5.43. The number of fused-ring (bicyclic) bond motifs is 1. The van der Waals surface area contributed by atoms with Gasteiger partial charge in [-0.3, -0.25) is 14.8 Å². The maximum Gasteiger partial charge on any atom is 0.277 e. The Hall–Kier alpha value is -3.38. The first-order valence-electron chi connectivity index (χ1n) is 10.1. The molecule has 2 heterocycles. The molecular weight excluding hydrogens is 454 g/mol. The van der Waals surface area contributed by atoms with Crippen LogP contribution in [0.15, 0.2) is 83.3 Å². The molecule has 0 radical (unpaired) electrons. The number of nitrogens with zero attached hydrogens (tertiary/aromatic N) is 2. The highest BCUT2D eigenvalue weighted by molar-refractivity contribution is 9.10. The molecule has 4 aromatic rings. The van der Waals surface area contributed by atoms with E-state index >= 15 is 0 Å². The second-order valence-electron chi connectivity index (χ2n) is 7.28. The monoisotopic (exact) mass is 473 g/mol. The number of hydrogen-bond acceptors (Lipinski definition) is 3. The molecule has 31 heavy (non-hydrogen) atoms. The number of aromatic nitrogens is 2. The summed E-state index contributed by atoms with van der Waals surface area (Å²) < 4.78 is 6.54. The molecule has 0 spiro atoms. The van der Waals surface area contributed by atoms with E-state index in [9.17, 15) is 4.79 Å². The number of aromatic amines is 1. The minimum Gasteiger partial charge on any atom is -0.494 e. The summed E-state index contributed by atoms with van der Waals surface area (Å²) in [6, 6.07) is 25.4. The van der Waals surface area contributed by atoms with Crippen LogP contribution in [0.3, 0.4) is 0 Å². The van der Waals surface area contributed by atoms with E-state index in [1.807, 2.05) is 90.7 Å². The Morgan fingerprint density at radius 2 is 1.71 bits per heavy atom. The van der Waals surface area contributed by atoms with E-state index in [0.717, 1.165) is 38.3 Å². The predicted octanol–water partition coefficient (Wildman–Crippen LogP) is 5.99. The van der Waals surface area contributed by atoms with Crippen LogP contribution < -0.4 is 9.64 Å². The zero-order valence-electron chi connectivity index (χ0n) is 16.9. The van der Waals surface area contributed by atoms with Gasteiger partial charge in [0.1, 0.15) is 11.4 Å². The summed E-state index contributed by atoms with van der Waals surface area (Å²) >= 11 is 3.48. The Kier molecular flexibility index (Phi) is 5.08. The molecule has 0 bridgehead atoms. The van der Waals surface area contributed by atoms with Crippen LogP contribution in [0.4, 0.5) is 5.69 Å². The first-order chi connectivity index (χ1) is 15.2. The van der Waals surface area contributed by atoms with Crippen molar-refractivity contribution in [2.45, 2.75) is 13.0 Å². The lowest BCUT2D eigenvalue weighted by Crippen LogP contribution is -2.29. The van der Waals surface area contributed by atoms with E-state index in [0.29, 0.717) is 12.3 Å². The number of halogens is 1. The normalized spacial score (nSPS) is 15.2. The average molecular weight is 474 g/mol. The van der Waals surface area contributed by atoms with Crippen molar-refractivity contribution in [3.63, 3.8) is 0 Å². The Labute approximate surface area is 188 Å². The standard InChI is InChI=1S/C25H20BrN3O2/c1-2-31-20-14-8-16(9-15-20)22-21-23(28-27-22)25(30)29(19-12-10-18(26)11-13-19)24(21)17-6-4-3-5-7-17/h3-15,24H,2H2,1H3,(H,27,28)/t24-/m0/s1. The van der Waals surface area contributed by atoms with E-state index in [1.54, 1.807) is 0 Å². The molecule has 5 rings (SSSR count). The van der Waals surface area contributed by atoms with Crippen molar-refractivity contribution in [1.82, 2.24) is 10.2 Å². The second-order valence-corrected chi connectivity index (χ2v) is 8.20. The number of H-pyrrole nitrogens is 1. The van der Waals surface area contributed by atoms with Gasteiger partial charge in [-0.25, -0.2) is 0 Å². The molecular formula is C25H20BrN3O2. The maximum atomic E-state index is 13.5. The number of carbonyl (C=O) groups excluding carboxylic acids is 1. The summed E-state index contributed by atoms with van der Waals surface area (Å²) in [7, 11) is 0. The molecule has 1 N–H and O–H groups in total. The van der Waals surface area contributed by atoms with Gasteiger partial charge in [-0.15, -0.1) is 0 Å². The van der Waals surface area contributed by atoms with Crippen molar-refractivity contribution >= 4 is 27.5 Å². The third-order valence-corrected chi connectivity index (χ3v) is 5.96. The molecule has 1 aliphatic rings. The SMILES string of the molecule is CCOc1ccc(-c2n[nH]c3c2[C@H](c2ccccc2)N(c2ccc(Br)cc2)C3=O)cc1. The number of amides is 1. The van der Waals surface area contributed by atoms with Crippen LogP contribution in [0, 0.1) is 0 Å². The lowest BCUT2D eigenvalue weighted by Gasteiger charge is -2.26. The van der Waals surface area contributed by atoms with E-state index in [-0.39, 0.29) is 11.9 Å². The molecule has 1 amide bonds. The van der Waals surface area contributed by atoms with Gasteiger partial charge in [0.25, 0.3) is 5.91 Å². The quantitative estimate of drug-likeness (QED) is 0.387. The van der Waals surface area contributed by atoms with Gasteiger partial charge < -0.3 is 4.74 Å². The molecule has 0 saturated carbocycles. The molecule has 0 fully saturated rings. The van der Waals surface area contributed by atoms with Crippen LogP contribution in [0.5, 0.6) is 5.75 Å². The number of carbonyl (C=O) groups is 1. The van der Waals surface area contributed by atoms with Crippen molar-refractivity contribution in [1.29, 1.82) is 0 Å². The summed E-state index contributed by atoms with van der Waals surface area (Å²) in [5, 5.41) is 7.53. The smallest absolute Gasteiger partial charge is 0.277 e. The number of nitrogens with one attached hydrogen (secondary N) is 1. The molecule has 1 aromatic heterocycles. The van der Waals surface area contributed by atoms with Crippen molar-refractivity contribution in [2.75, 3.05) is 11.5 Å². The maximum absolute atomic E-state index is 13.5. The van der Waals surface area contributed by atoms with E-state index in [1.165, 1.54) is 0 Å². The van der Waals surface area contributed by atoms with Gasteiger partial charge in [-0.1, -0.05) is 46.3 Å². The Morgan fingerprint density at radius 3 is 2.39 bits per heavy atom. The summed E-state index contributed by atoms with van der Waals surface area (Å²) in [5.74, 6) is 0.724. The third kappa shape index (κ3) is 3.43. The van der Waals surface area contributed by atoms with Crippen LogP contribution in [0.25, 0.3) is 11.3 Å². The fraction of sp³-hybridized carbons (Fsp3) is 0.120. The van der Waals surface area contributed by atoms with Crippen LogP contribution >= 0.6 is 15.9 Å². The topological polar surface area (TPSA) is 58.2 Å². The molecule has 6 heteroatoms. The largest absolute Gasteiger partial charge is 0.494 e. The van der Waals surface area contributed by atoms with Crippen LogP contribution in [0.2, 0.25) is 0 Å². The van der Waals surface area contributed by atoms with Crippen LogP contribution in [0.1, 0.15) is 34.6 Å². The van der Waals surface area contributed by atoms with Crippen molar-refractivity contribution in [3.8, 4) is 17.0 Å². The number of rotatable bonds is 5. The summed E-state index contributed by atoms with van der Waals surface area (Å²) in [5.41, 5.74) is 5.01. The number of ether oxygens (including phenoxy) is 1. The minimum atomic E-state index is -0.273. The summed E-state index contributed by atoms with van der Waals surface area (Å²) in [6.45, 7) is 2.57. The zero-order chi connectivity index (χ0) is 21.4. The van der Waals surface area contributed by atoms with Gasteiger partial charge >= 0.3 is 0 Å². The summed E-state index contributed by atoms with van der Waals surface area (Å²) in [6.07, 6.45) is 0. The van der Waals surface area contributed by atoms with Gasteiger partial charge in [0.05, 0.1) is 18.3 Å². The van der Waals surface area contributed by atoms with Crippen molar-refractivity contribution < 1.29 is 9.53 Å². The fourth-order valence-electron chi connectivity index (χ4n) is 4.06. The van der Waals surface area contributed by atoms with Gasteiger partial charge in [-0.05, 0) is 61.0 Å². The molecule has 3 aromatic carbocycles. The van der Waals surface area contributed by atoms with Crippen LogP contribution in [-0.4, -0.2) is 22.7 Å². The van der Waals surface area contributed by atoms with Gasteiger partial charge in [-0.2, -0.15) is 5.10 Å². The Morgan fingerprint density at radius 1 is 1.00 bits per heavy atom. The number of hydrogen-bond donors (Lipinski definition) is 1. The highest BCUT2D eigenvalue weighted by Gasteiger charge is 2.42. The molecule has 0 saturated heterocycles. The van der Waals surface area contributed by atoms with Crippen LogP contribution in [-0.2, 0) is 0 Å². The van der Waals surface area contributed by atoms with E-state index < -0.39 is 0 Å². The van der Waals surface area contributed by atoms with Gasteiger partial charge in [0.15, 0.2) is 0 Å². The lowest BCUT2D eigenvalue weighted by molar-refractivity contribution is 0.0989. The van der Waals surface area contributed by atoms with E-state index in [2.05, 4.69) is 26.1 Å². The number of benzene rings is 3. The Bertz CT molecular complexity index is 1220. The summed E-state index contributed by atoms with van der Waals surface area (Å²) in [4.78, 5) is 15.3. The van der Waals surface area contributed by atoms with E-state index in [4.69, 9.17) is 4.74 Å². The van der Waals surface area contributed by atoms with Gasteiger partial charge in [0.2, 0.25) is 0 Å². The number of anilines is 1. The molecule has 0 unspecified atom stereocenters. The zero-order valence-corrected chi connectivity index (χ0v) is 18.5.